The topological polar surface area (TPSA) is 37.3 Å². The lowest BCUT2D eigenvalue weighted by molar-refractivity contribution is 0.0698. The fraction of sp³-hybridized carbons (Fsp3) is 0.583. The largest absolute Gasteiger partial charge is 0.343 e. The minimum absolute atomic E-state index is 0.156. The van der Waals surface area contributed by atoms with Gasteiger partial charge in [0.1, 0.15) is 5.69 Å². The van der Waals surface area contributed by atoms with E-state index in [2.05, 4.69) is 41.8 Å². The summed E-state index contributed by atoms with van der Waals surface area (Å²) in [6.07, 6.45) is 2.03. The number of amides is 1. The third-order valence-corrected chi connectivity index (χ3v) is 3.67. The van der Waals surface area contributed by atoms with Gasteiger partial charge < -0.3 is 14.8 Å². The lowest BCUT2D eigenvalue weighted by Crippen LogP contribution is -2.51. The molecule has 0 unspecified atom stereocenters. The summed E-state index contributed by atoms with van der Waals surface area (Å²) in [5.41, 5.74) is 0.811. The molecule has 1 N–H and O–H groups in total. The summed E-state index contributed by atoms with van der Waals surface area (Å²) in [5.74, 6) is 0.156. The Bertz CT molecular complexity index is 416. The average molecular weight is 347 g/mol. The van der Waals surface area contributed by atoms with Gasteiger partial charge in [0.2, 0.25) is 0 Å². The van der Waals surface area contributed by atoms with Crippen LogP contribution >= 0.6 is 22.6 Å². The van der Waals surface area contributed by atoms with E-state index >= 15 is 0 Å². The predicted octanol–water partition coefficient (Wildman–Crippen LogP) is 1.55. The van der Waals surface area contributed by atoms with E-state index in [0.717, 1.165) is 35.4 Å². The number of hydrogen-bond acceptors (Lipinski definition) is 2. The van der Waals surface area contributed by atoms with Crippen molar-refractivity contribution in [2.24, 2.45) is 0 Å². The van der Waals surface area contributed by atoms with Gasteiger partial charge in [-0.3, -0.25) is 4.79 Å². The number of piperazine rings is 1. The minimum Gasteiger partial charge on any atom is -0.343 e. The second kappa shape index (κ2) is 5.39. The fourth-order valence-corrected chi connectivity index (χ4v) is 2.83. The highest BCUT2D eigenvalue weighted by Crippen LogP contribution is 2.14. The van der Waals surface area contributed by atoms with Crippen LogP contribution in [-0.2, 0) is 6.54 Å². The van der Waals surface area contributed by atoms with Crippen LogP contribution in [0.5, 0.6) is 0 Å². The summed E-state index contributed by atoms with van der Waals surface area (Å²) in [6, 6.07) is 2.36. The first-order chi connectivity index (χ1) is 8.11. The smallest absolute Gasteiger partial charge is 0.270 e. The van der Waals surface area contributed by atoms with E-state index in [0.29, 0.717) is 6.04 Å². The SMILES string of the molecule is CCn1cc(I)cc1C(=O)N1CCN[C@@H](C)C1. The van der Waals surface area contributed by atoms with Crippen molar-refractivity contribution >= 4 is 28.5 Å². The van der Waals surface area contributed by atoms with Crippen molar-refractivity contribution in [3.8, 4) is 0 Å². The van der Waals surface area contributed by atoms with Gasteiger partial charge in [0.05, 0.1) is 0 Å². The molecule has 1 amide bonds. The molecule has 1 aromatic heterocycles. The summed E-state index contributed by atoms with van der Waals surface area (Å²) < 4.78 is 3.15. The van der Waals surface area contributed by atoms with Crippen molar-refractivity contribution < 1.29 is 4.79 Å². The molecule has 94 valence electrons. The van der Waals surface area contributed by atoms with Crippen molar-refractivity contribution in [1.82, 2.24) is 14.8 Å². The molecule has 1 saturated heterocycles. The second-order valence-corrected chi connectivity index (χ2v) is 5.68. The Morgan fingerprint density at radius 3 is 3.06 bits per heavy atom. The van der Waals surface area contributed by atoms with Gasteiger partial charge in [-0.1, -0.05) is 0 Å². The van der Waals surface area contributed by atoms with Gasteiger partial charge in [0.15, 0.2) is 0 Å². The maximum atomic E-state index is 12.4. The lowest BCUT2D eigenvalue weighted by Gasteiger charge is -2.32. The quantitative estimate of drug-likeness (QED) is 0.825. The standard InChI is InChI=1S/C12H18IN3O/c1-3-15-8-10(13)6-11(15)12(17)16-5-4-14-9(2)7-16/h6,8-9,14H,3-5,7H2,1-2H3/t9-/m0/s1. The number of nitrogens with zero attached hydrogens (tertiary/aromatic N) is 2. The molecule has 0 spiro atoms. The number of halogens is 1. The van der Waals surface area contributed by atoms with Gasteiger partial charge in [0.25, 0.3) is 5.91 Å². The second-order valence-electron chi connectivity index (χ2n) is 4.44. The van der Waals surface area contributed by atoms with Gasteiger partial charge in [0, 0.05) is 42.0 Å². The summed E-state index contributed by atoms with van der Waals surface area (Å²) in [4.78, 5) is 14.4. The van der Waals surface area contributed by atoms with E-state index in [-0.39, 0.29) is 5.91 Å². The van der Waals surface area contributed by atoms with Crippen LogP contribution in [0.15, 0.2) is 12.3 Å². The van der Waals surface area contributed by atoms with Gasteiger partial charge in [-0.2, -0.15) is 0 Å². The van der Waals surface area contributed by atoms with E-state index in [9.17, 15) is 4.79 Å². The van der Waals surface area contributed by atoms with Gasteiger partial charge >= 0.3 is 0 Å². The van der Waals surface area contributed by atoms with Crippen LogP contribution < -0.4 is 5.32 Å². The predicted molar refractivity (Wildman–Crippen MR) is 76.2 cm³/mol. The molecule has 0 aromatic carbocycles. The number of hydrogen-bond donors (Lipinski definition) is 1. The molecule has 0 radical (unpaired) electrons. The zero-order chi connectivity index (χ0) is 12.4. The Hall–Kier alpha value is -0.560. The van der Waals surface area contributed by atoms with E-state index < -0.39 is 0 Å². The maximum absolute atomic E-state index is 12.4. The highest BCUT2D eigenvalue weighted by Gasteiger charge is 2.23. The summed E-state index contributed by atoms with van der Waals surface area (Å²) in [7, 11) is 0. The fourth-order valence-electron chi connectivity index (χ4n) is 2.19. The van der Waals surface area contributed by atoms with E-state index in [1.54, 1.807) is 0 Å². The monoisotopic (exact) mass is 347 g/mol. The van der Waals surface area contributed by atoms with Crippen LogP contribution in [0.1, 0.15) is 24.3 Å². The highest BCUT2D eigenvalue weighted by atomic mass is 127. The Morgan fingerprint density at radius 1 is 1.65 bits per heavy atom. The third kappa shape index (κ3) is 2.82. The number of nitrogens with one attached hydrogen (secondary N) is 1. The van der Waals surface area contributed by atoms with Crippen LogP contribution in [0.25, 0.3) is 0 Å². The molecule has 0 bridgehead atoms. The molecular weight excluding hydrogens is 329 g/mol. The number of carbonyl (C=O) groups excluding carboxylic acids is 1. The first-order valence-corrected chi connectivity index (χ1v) is 7.08. The van der Waals surface area contributed by atoms with Crippen LogP contribution in [0.3, 0.4) is 0 Å². The molecule has 0 aliphatic carbocycles. The summed E-state index contributed by atoms with van der Waals surface area (Å²) in [6.45, 7) is 7.50. The molecule has 17 heavy (non-hydrogen) atoms. The van der Waals surface area contributed by atoms with E-state index in [1.807, 2.05) is 21.7 Å². The van der Waals surface area contributed by atoms with Gasteiger partial charge in [-0.15, -0.1) is 0 Å². The molecule has 0 saturated carbocycles. The Kier molecular flexibility index (Phi) is 4.09. The minimum atomic E-state index is 0.156. The van der Waals surface area contributed by atoms with Crippen LogP contribution in [0.2, 0.25) is 0 Å². The number of carbonyl (C=O) groups is 1. The van der Waals surface area contributed by atoms with Crippen LogP contribution in [0.4, 0.5) is 0 Å². The Balaban J connectivity index is 2.18. The molecule has 2 heterocycles. The first-order valence-electron chi connectivity index (χ1n) is 6.00. The van der Waals surface area contributed by atoms with E-state index in [1.165, 1.54) is 0 Å². The van der Waals surface area contributed by atoms with Crippen molar-refractivity contribution in [2.45, 2.75) is 26.4 Å². The molecule has 5 heteroatoms. The zero-order valence-electron chi connectivity index (χ0n) is 10.2. The molecule has 1 aliphatic heterocycles. The number of aryl methyl sites for hydroxylation is 1. The van der Waals surface area contributed by atoms with Crippen LogP contribution in [-0.4, -0.2) is 41.1 Å². The highest BCUT2D eigenvalue weighted by molar-refractivity contribution is 14.1. The van der Waals surface area contributed by atoms with Gasteiger partial charge in [-0.05, 0) is 42.5 Å². The van der Waals surface area contributed by atoms with Crippen molar-refractivity contribution in [2.75, 3.05) is 19.6 Å². The average Bonchev–Trinajstić information content (AvgIpc) is 2.69. The van der Waals surface area contributed by atoms with Gasteiger partial charge in [-0.25, -0.2) is 0 Å². The molecule has 1 atom stereocenters. The normalized spacial score (nSPS) is 20.6. The molecule has 1 aliphatic rings. The molecule has 1 fully saturated rings. The van der Waals surface area contributed by atoms with Crippen LogP contribution in [0, 0.1) is 3.57 Å². The van der Waals surface area contributed by atoms with E-state index in [4.69, 9.17) is 0 Å². The molecule has 4 nitrogen and oxygen atoms in total. The summed E-state index contributed by atoms with van der Waals surface area (Å²) >= 11 is 2.25. The summed E-state index contributed by atoms with van der Waals surface area (Å²) in [5, 5.41) is 3.35. The molecular formula is C12H18IN3O. The Labute approximate surface area is 115 Å². The van der Waals surface area contributed by atoms with Crippen molar-refractivity contribution in [1.29, 1.82) is 0 Å². The molecule has 2 rings (SSSR count). The molecule has 1 aromatic rings. The lowest BCUT2D eigenvalue weighted by atomic mass is 10.2. The first kappa shape index (κ1) is 12.9. The third-order valence-electron chi connectivity index (χ3n) is 3.08. The number of aromatic nitrogens is 1. The Morgan fingerprint density at radius 2 is 2.41 bits per heavy atom. The zero-order valence-corrected chi connectivity index (χ0v) is 12.4. The van der Waals surface area contributed by atoms with Crippen molar-refractivity contribution in [3.63, 3.8) is 0 Å². The maximum Gasteiger partial charge on any atom is 0.270 e. The van der Waals surface area contributed by atoms with Crippen molar-refractivity contribution in [3.05, 3.63) is 21.5 Å². The number of rotatable bonds is 2.